The van der Waals surface area contributed by atoms with Gasteiger partial charge in [-0.15, -0.1) is 0 Å². The van der Waals surface area contributed by atoms with Crippen molar-refractivity contribution in [1.82, 2.24) is 15.3 Å². The molecule has 2 aromatic rings. The molecule has 2 amide bonds. The van der Waals surface area contributed by atoms with Crippen molar-refractivity contribution in [2.24, 2.45) is 11.1 Å². The number of aromatic nitrogens is 2. The van der Waals surface area contributed by atoms with Gasteiger partial charge < -0.3 is 16.0 Å². The van der Waals surface area contributed by atoms with Crippen LogP contribution in [0, 0.1) is 5.41 Å². The van der Waals surface area contributed by atoms with Gasteiger partial charge in [0.1, 0.15) is 11.5 Å². The fraction of sp³-hybridized carbons (Fsp3) is 0.429. The number of nitrogens with one attached hydrogen (secondary N) is 1. The summed E-state index contributed by atoms with van der Waals surface area (Å²) in [5.74, 6) is 0.0163. The largest absolute Gasteiger partial charge is 0.364 e. The molecule has 29 heavy (non-hydrogen) atoms. The molecule has 0 bridgehead atoms. The molecule has 0 spiro atoms. The Labute approximate surface area is 174 Å². The van der Waals surface area contributed by atoms with Crippen LogP contribution in [-0.4, -0.2) is 40.9 Å². The first-order chi connectivity index (χ1) is 13.9. The van der Waals surface area contributed by atoms with E-state index in [1.165, 1.54) is 6.20 Å². The molecule has 7 nitrogen and oxygen atoms in total. The fourth-order valence-corrected chi connectivity index (χ4v) is 4.34. The van der Waals surface area contributed by atoms with Crippen molar-refractivity contribution in [3.05, 3.63) is 52.9 Å². The molecule has 0 radical (unpaired) electrons. The zero-order valence-corrected chi connectivity index (χ0v) is 16.9. The lowest BCUT2D eigenvalue weighted by Crippen LogP contribution is -2.65. The van der Waals surface area contributed by atoms with E-state index in [9.17, 15) is 9.59 Å². The van der Waals surface area contributed by atoms with Crippen LogP contribution >= 0.6 is 11.6 Å². The number of carbonyl (C=O) groups excluding carboxylic acids is 2. The van der Waals surface area contributed by atoms with Gasteiger partial charge in [-0.25, -0.2) is 4.98 Å². The maximum Gasteiger partial charge on any atom is 0.268 e. The number of hydrogen-bond acceptors (Lipinski definition) is 5. The summed E-state index contributed by atoms with van der Waals surface area (Å²) in [5.41, 5.74) is 5.94. The minimum atomic E-state index is -0.619. The lowest BCUT2D eigenvalue weighted by atomic mass is 9.73. The number of primary amides is 1. The van der Waals surface area contributed by atoms with Gasteiger partial charge in [0.25, 0.3) is 5.91 Å². The van der Waals surface area contributed by atoms with Gasteiger partial charge in [-0.3, -0.25) is 14.6 Å². The Hall–Kier alpha value is -2.67. The van der Waals surface area contributed by atoms with Gasteiger partial charge in [-0.05, 0) is 37.0 Å². The van der Waals surface area contributed by atoms with E-state index >= 15 is 0 Å². The van der Waals surface area contributed by atoms with Crippen LogP contribution in [0.3, 0.4) is 0 Å². The first kappa shape index (κ1) is 19.6. The number of rotatable bonds is 6. The van der Waals surface area contributed by atoms with Gasteiger partial charge >= 0.3 is 0 Å². The highest BCUT2D eigenvalue weighted by molar-refractivity contribution is 6.30. The summed E-state index contributed by atoms with van der Waals surface area (Å²) in [4.78, 5) is 35.0. The number of benzene rings is 1. The van der Waals surface area contributed by atoms with Crippen molar-refractivity contribution < 1.29 is 9.59 Å². The first-order valence-corrected chi connectivity index (χ1v) is 10.3. The lowest BCUT2D eigenvalue weighted by Gasteiger charge is -2.49. The topological polar surface area (TPSA) is 101 Å². The van der Waals surface area contributed by atoms with E-state index in [1.54, 1.807) is 6.20 Å². The first-order valence-electron chi connectivity index (χ1n) is 9.87. The van der Waals surface area contributed by atoms with Crippen LogP contribution in [0.25, 0.3) is 0 Å². The summed E-state index contributed by atoms with van der Waals surface area (Å²) in [7, 11) is 0. The molecule has 1 aromatic heterocycles. The van der Waals surface area contributed by atoms with E-state index in [-0.39, 0.29) is 17.6 Å². The van der Waals surface area contributed by atoms with Crippen molar-refractivity contribution in [3.8, 4) is 0 Å². The Morgan fingerprint density at radius 1 is 1.17 bits per heavy atom. The van der Waals surface area contributed by atoms with Crippen LogP contribution in [0.5, 0.6) is 0 Å². The summed E-state index contributed by atoms with van der Waals surface area (Å²) in [6, 6.07) is 7.87. The summed E-state index contributed by atoms with van der Waals surface area (Å²) < 4.78 is 0. The molecule has 3 N–H and O–H groups in total. The average Bonchev–Trinajstić information content (AvgIpc) is 3.19. The van der Waals surface area contributed by atoms with E-state index in [4.69, 9.17) is 17.3 Å². The lowest BCUT2D eigenvalue weighted by molar-refractivity contribution is -0.133. The highest BCUT2D eigenvalue weighted by Gasteiger charge is 2.50. The Balaban J connectivity index is 1.53. The predicted octanol–water partition coefficient (Wildman–Crippen LogP) is 2.34. The van der Waals surface area contributed by atoms with Crippen LogP contribution in [0.15, 0.2) is 36.7 Å². The number of anilines is 1. The van der Waals surface area contributed by atoms with E-state index in [0.29, 0.717) is 30.4 Å². The van der Waals surface area contributed by atoms with Crippen molar-refractivity contribution in [2.75, 3.05) is 18.0 Å². The molecular formula is C21H24ClN5O2. The summed E-state index contributed by atoms with van der Waals surface area (Å²) >= 11 is 6.01. The zero-order valence-electron chi connectivity index (χ0n) is 16.1. The smallest absolute Gasteiger partial charge is 0.268 e. The zero-order chi connectivity index (χ0) is 20.4. The quantitative estimate of drug-likeness (QED) is 0.756. The van der Waals surface area contributed by atoms with E-state index in [1.807, 2.05) is 29.2 Å². The molecule has 2 heterocycles. The minimum absolute atomic E-state index is 0.0783. The standard InChI is InChI=1S/C21H24ClN5O2/c22-15-7-5-14(6-8-15)9-21(20(29)25-16-3-1-2-4-16)12-27(13-21)18-11-24-10-17(26-18)19(23)28/h5-8,10-11,16H,1-4,9,12-13H2,(H2,23,28)(H,25,29). The molecule has 0 unspecified atom stereocenters. The Morgan fingerprint density at radius 3 is 2.52 bits per heavy atom. The Morgan fingerprint density at radius 2 is 1.86 bits per heavy atom. The molecule has 2 aliphatic rings. The fourth-order valence-electron chi connectivity index (χ4n) is 4.21. The monoisotopic (exact) mass is 413 g/mol. The van der Waals surface area contributed by atoms with Crippen molar-refractivity contribution in [1.29, 1.82) is 0 Å². The molecule has 8 heteroatoms. The third kappa shape index (κ3) is 4.19. The predicted molar refractivity (Wildman–Crippen MR) is 111 cm³/mol. The van der Waals surface area contributed by atoms with E-state index < -0.39 is 11.3 Å². The van der Waals surface area contributed by atoms with E-state index in [0.717, 1.165) is 31.2 Å². The van der Waals surface area contributed by atoms with Crippen LogP contribution in [0.1, 0.15) is 41.7 Å². The molecule has 1 saturated heterocycles. The van der Waals surface area contributed by atoms with Crippen LogP contribution < -0.4 is 16.0 Å². The minimum Gasteiger partial charge on any atom is -0.364 e. The second-order valence-electron chi connectivity index (χ2n) is 8.02. The number of amides is 2. The third-order valence-corrected chi connectivity index (χ3v) is 6.07. The molecular weight excluding hydrogens is 390 g/mol. The molecule has 1 aliphatic carbocycles. The van der Waals surface area contributed by atoms with E-state index in [2.05, 4.69) is 15.3 Å². The van der Waals surface area contributed by atoms with Gasteiger partial charge in [0.15, 0.2) is 0 Å². The molecule has 1 aromatic carbocycles. The molecule has 4 rings (SSSR count). The third-order valence-electron chi connectivity index (χ3n) is 5.81. The van der Waals surface area contributed by atoms with Crippen molar-refractivity contribution in [2.45, 2.75) is 38.1 Å². The van der Waals surface area contributed by atoms with Crippen LogP contribution in [0.2, 0.25) is 5.02 Å². The highest BCUT2D eigenvalue weighted by Crippen LogP contribution is 2.38. The molecule has 0 atom stereocenters. The summed E-state index contributed by atoms with van der Waals surface area (Å²) in [6.45, 7) is 1.01. The highest BCUT2D eigenvalue weighted by atomic mass is 35.5. The molecule has 1 aliphatic heterocycles. The summed E-state index contributed by atoms with van der Waals surface area (Å²) in [6.07, 6.45) is 7.96. The van der Waals surface area contributed by atoms with Gasteiger partial charge in [0.05, 0.1) is 17.8 Å². The second-order valence-corrected chi connectivity index (χ2v) is 8.46. The number of hydrogen-bond donors (Lipinski definition) is 2. The number of nitrogens with two attached hydrogens (primary N) is 1. The summed E-state index contributed by atoms with van der Waals surface area (Å²) in [5, 5.41) is 3.93. The van der Waals surface area contributed by atoms with Crippen molar-refractivity contribution in [3.63, 3.8) is 0 Å². The molecule has 2 fully saturated rings. The normalized spacial score (nSPS) is 18.3. The van der Waals surface area contributed by atoms with Crippen molar-refractivity contribution >= 4 is 29.2 Å². The van der Waals surface area contributed by atoms with Gasteiger partial charge in [-0.2, -0.15) is 0 Å². The maximum absolute atomic E-state index is 13.3. The average molecular weight is 414 g/mol. The molecule has 152 valence electrons. The maximum atomic E-state index is 13.3. The second kappa shape index (κ2) is 7.99. The number of carbonyl (C=O) groups is 2. The van der Waals surface area contributed by atoms with Crippen LogP contribution in [-0.2, 0) is 11.2 Å². The van der Waals surface area contributed by atoms with Gasteiger partial charge in [0, 0.05) is 24.2 Å². The number of nitrogens with zero attached hydrogens (tertiary/aromatic N) is 3. The Bertz CT molecular complexity index is 906. The van der Waals surface area contributed by atoms with Gasteiger partial charge in [0.2, 0.25) is 5.91 Å². The van der Waals surface area contributed by atoms with Gasteiger partial charge in [-0.1, -0.05) is 36.6 Å². The molecule has 1 saturated carbocycles. The van der Waals surface area contributed by atoms with Crippen LogP contribution in [0.4, 0.5) is 5.82 Å². The Kier molecular flexibility index (Phi) is 5.41. The number of halogens is 1. The SMILES string of the molecule is NC(=O)c1cncc(N2CC(Cc3ccc(Cl)cc3)(C(=O)NC3CCCC3)C2)n1.